The van der Waals surface area contributed by atoms with Gasteiger partial charge in [0.05, 0.1) is 5.54 Å². The van der Waals surface area contributed by atoms with Crippen molar-refractivity contribution in [2.24, 2.45) is 46.5 Å². The van der Waals surface area contributed by atoms with E-state index in [0.717, 1.165) is 24.7 Å². The van der Waals surface area contributed by atoms with Gasteiger partial charge in [0.2, 0.25) is 0 Å². The molecule has 0 aromatic rings. The summed E-state index contributed by atoms with van der Waals surface area (Å²) in [6, 6.07) is 0. The van der Waals surface area contributed by atoms with Crippen LogP contribution in [0.2, 0.25) is 0 Å². The van der Waals surface area contributed by atoms with E-state index in [1.165, 1.54) is 12.8 Å². The van der Waals surface area contributed by atoms with E-state index < -0.39 is 30.0 Å². The van der Waals surface area contributed by atoms with Crippen LogP contribution in [0.4, 0.5) is 0 Å². The first-order chi connectivity index (χ1) is 20.6. The van der Waals surface area contributed by atoms with E-state index in [1.807, 2.05) is 0 Å². The fourth-order valence-electron chi connectivity index (χ4n) is 8.33. The first kappa shape index (κ1) is 39.6. The fourth-order valence-corrected chi connectivity index (χ4v) is 26.4. The summed E-state index contributed by atoms with van der Waals surface area (Å²) in [6.45, 7) is 0. The average Bonchev–Trinajstić information content (AvgIpc) is 3.62. The van der Waals surface area contributed by atoms with Gasteiger partial charge in [0, 0.05) is 0 Å². The molecule has 0 aromatic heterocycles. The van der Waals surface area contributed by atoms with Crippen molar-refractivity contribution in [2.75, 3.05) is 127 Å². The van der Waals surface area contributed by atoms with Crippen LogP contribution in [0.1, 0.15) is 25.7 Å². The molecule has 15 nitrogen and oxygen atoms in total. The standard InChI is InChI=1S/C26H65N15P4/c1-33(2)43(34(3)4,35(5)6)30-42(31-44(36(7)8,37(9)10)38(11)12,32-45(39(13)14,40(15)16)41(17)18)29-28-27-26-21-23-19-25(26)20-24(23)22-26/h23-25H,19-22H2,1-18H3. The number of hydrogen-bond donors (Lipinski definition) is 0. The molecule has 0 saturated heterocycles. The Balaban J connectivity index is 2.71. The minimum absolute atomic E-state index is 0.0842. The van der Waals surface area contributed by atoms with Crippen LogP contribution in [0, 0.1) is 17.8 Å². The van der Waals surface area contributed by atoms with Crippen molar-refractivity contribution in [3.63, 3.8) is 0 Å². The van der Waals surface area contributed by atoms with E-state index in [0.29, 0.717) is 5.92 Å². The molecular formula is C26H65N15P4. The highest BCUT2D eigenvalue weighted by atomic mass is 31.3. The first-order valence-corrected chi connectivity index (χ1v) is 22.1. The zero-order valence-corrected chi connectivity index (χ0v) is 35.1. The largest absolute Gasteiger partial charge is 0.331 e. The molecule has 0 amide bonds. The third-order valence-electron chi connectivity index (χ3n) is 9.79. The lowest BCUT2D eigenvalue weighted by Crippen LogP contribution is -2.32. The van der Waals surface area contributed by atoms with Crippen molar-refractivity contribution >= 4 is 30.0 Å². The average molecular weight is 712 g/mol. The Morgan fingerprint density at radius 3 is 0.911 bits per heavy atom. The molecule has 4 rings (SSSR count). The normalized spacial score (nSPS) is 25.9. The van der Waals surface area contributed by atoms with Gasteiger partial charge < -0.3 is 0 Å². The Bertz CT molecular complexity index is 1100. The lowest BCUT2D eigenvalue weighted by atomic mass is 9.92. The van der Waals surface area contributed by atoms with Gasteiger partial charge in [-0.15, -0.1) is 0 Å². The van der Waals surface area contributed by atoms with E-state index in [9.17, 15) is 0 Å². The molecule has 0 aromatic carbocycles. The second kappa shape index (κ2) is 14.2. The topological polar surface area (TPSA) is 103 Å². The third kappa shape index (κ3) is 6.71. The summed E-state index contributed by atoms with van der Waals surface area (Å²) in [6.07, 6.45) is 4.84. The second-order valence-electron chi connectivity index (χ2n) is 14.5. The molecule has 0 aliphatic heterocycles. The zero-order chi connectivity index (χ0) is 34.5. The van der Waals surface area contributed by atoms with Crippen molar-refractivity contribution in [1.82, 2.24) is 42.0 Å². The van der Waals surface area contributed by atoms with Gasteiger partial charge in [0.1, 0.15) is 0 Å². The SMILES string of the molecule is CN(C)P(=NP(=NN=NC12CC3CC1CC3C2)(N=P(N(C)C)(N(C)C)N(C)C)N=P(N(C)C)(N(C)C)N(C)C)(N(C)C)N(C)C. The maximum atomic E-state index is 5.90. The van der Waals surface area contributed by atoms with Gasteiger partial charge in [-0.05, 0) is 176 Å². The highest BCUT2D eigenvalue weighted by molar-refractivity contribution is 7.80. The molecule has 0 radical (unpaired) electrons. The highest BCUT2D eigenvalue weighted by Gasteiger charge is 2.63. The molecule has 4 bridgehead atoms. The molecule has 2 unspecified atom stereocenters. The summed E-state index contributed by atoms with van der Waals surface area (Å²) in [4.78, 5) is 5.29. The number of rotatable bonds is 14. The summed E-state index contributed by atoms with van der Waals surface area (Å²) in [7, 11) is 26.6. The van der Waals surface area contributed by atoms with Crippen LogP contribution in [0.15, 0.2) is 28.7 Å². The summed E-state index contributed by atoms with van der Waals surface area (Å²) < 4.78 is 37.6. The maximum absolute atomic E-state index is 5.90. The van der Waals surface area contributed by atoms with E-state index >= 15 is 0 Å². The highest BCUT2D eigenvalue weighted by Crippen LogP contribution is 2.78. The number of hydrogen-bond acceptors (Lipinski definition) is 1. The van der Waals surface area contributed by atoms with Gasteiger partial charge in [-0.25, -0.2) is 0 Å². The molecule has 4 saturated carbocycles. The van der Waals surface area contributed by atoms with Crippen LogP contribution in [-0.2, 0) is 0 Å². The Labute approximate surface area is 276 Å². The van der Waals surface area contributed by atoms with E-state index in [2.05, 4.69) is 169 Å². The van der Waals surface area contributed by atoms with Crippen molar-refractivity contribution in [3.8, 4) is 0 Å². The molecule has 45 heavy (non-hydrogen) atoms. The van der Waals surface area contributed by atoms with E-state index in [4.69, 9.17) is 28.7 Å². The Morgan fingerprint density at radius 2 is 0.711 bits per heavy atom. The van der Waals surface area contributed by atoms with Gasteiger partial charge in [-0.2, -0.15) is 18.7 Å². The summed E-state index contributed by atoms with van der Waals surface area (Å²) in [5, 5.41) is 10.0. The second-order valence-corrected chi connectivity index (χ2v) is 28.3. The van der Waals surface area contributed by atoms with Crippen molar-refractivity contribution < 1.29 is 0 Å². The van der Waals surface area contributed by atoms with E-state index in [-0.39, 0.29) is 5.54 Å². The van der Waals surface area contributed by atoms with Crippen LogP contribution in [-0.4, -0.2) is 174 Å². The summed E-state index contributed by atoms with van der Waals surface area (Å²) >= 11 is 0. The van der Waals surface area contributed by atoms with Crippen molar-refractivity contribution in [2.45, 2.75) is 31.2 Å². The minimum atomic E-state index is -3.42. The van der Waals surface area contributed by atoms with Crippen molar-refractivity contribution in [1.29, 1.82) is 0 Å². The van der Waals surface area contributed by atoms with E-state index in [1.54, 1.807) is 0 Å². The molecule has 2 atom stereocenters. The lowest BCUT2D eigenvalue weighted by Gasteiger charge is -2.45. The molecule has 4 fully saturated rings. The van der Waals surface area contributed by atoms with Crippen molar-refractivity contribution in [3.05, 3.63) is 0 Å². The van der Waals surface area contributed by atoms with Gasteiger partial charge in [-0.1, -0.05) is 4.85 Å². The predicted octanol–water partition coefficient (Wildman–Crippen LogP) is 6.38. The zero-order valence-electron chi connectivity index (χ0n) is 31.6. The summed E-state index contributed by atoms with van der Waals surface area (Å²) in [5.41, 5.74) is -0.0842. The molecule has 0 heterocycles. The minimum Gasteiger partial charge on any atom is -0.252 e. The molecular weight excluding hydrogens is 646 g/mol. The quantitative estimate of drug-likeness (QED) is 0.115. The molecule has 19 heteroatoms. The van der Waals surface area contributed by atoms with Gasteiger partial charge >= 0.3 is 7.51 Å². The van der Waals surface area contributed by atoms with Crippen LogP contribution in [0.5, 0.6) is 0 Å². The molecule has 4 aliphatic rings. The van der Waals surface area contributed by atoms with Gasteiger partial charge in [-0.3, -0.25) is 42.0 Å². The predicted molar refractivity (Wildman–Crippen MR) is 197 cm³/mol. The van der Waals surface area contributed by atoms with Crippen LogP contribution >= 0.6 is 30.0 Å². The van der Waals surface area contributed by atoms with Gasteiger partial charge in [0.25, 0.3) is 0 Å². The van der Waals surface area contributed by atoms with Crippen LogP contribution in [0.3, 0.4) is 0 Å². The molecule has 264 valence electrons. The Hall–Kier alpha value is 0.160. The van der Waals surface area contributed by atoms with Gasteiger partial charge in [0.15, 0.2) is 22.5 Å². The Kier molecular flexibility index (Phi) is 12.5. The summed E-state index contributed by atoms with van der Waals surface area (Å²) in [5.74, 6) is 2.22. The monoisotopic (exact) mass is 711 g/mol. The lowest BCUT2D eigenvalue weighted by molar-refractivity contribution is 0.356. The van der Waals surface area contributed by atoms with Crippen LogP contribution in [0.25, 0.3) is 0 Å². The first-order valence-electron chi connectivity index (χ1n) is 15.7. The smallest absolute Gasteiger partial charge is 0.252 e. The molecule has 0 N–H and O–H groups in total. The fraction of sp³-hybridized carbons (Fsp3) is 1.00. The third-order valence-corrected chi connectivity index (χ3v) is 25.5. The Morgan fingerprint density at radius 1 is 0.444 bits per heavy atom. The number of nitrogens with zero attached hydrogens (tertiary/aromatic N) is 15. The molecule has 0 spiro atoms. The van der Waals surface area contributed by atoms with Crippen LogP contribution < -0.4 is 0 Å². The maximum Gasteiger partial charge on any atom is 0.331 e. The molecule has 4 aliphatic carbocycles.